The zero-order chi connectivity index (χ0) is 23.5. The molecule has 0 radical (unpaired) electrons. The molecule has 2 atom stereocenters. The summed E-state index contributed by atoms with van der Waals surface area (Å²) in [6.07, 6.45) is 1.58. The average molecular weight is 509 g/mol. The first kappa shape index (κ1) is 23.6. The first-order chi connectivity index (χ1) is 15.8. The van der Waals surface area contributed by atoms with E-state index in [-0.39, 0.29) is 33.6 Å². The number of anilines is 1. The molecule has 1 aliphatic heterocycles. The number of aromatic carboxylic acids is 1. The Morgan fingerprint density at radius 3 is 2.70 bits per heavy atom. The van der Waals surface area contributed by atoms with Gasteiger partial charge in [-0.15, -0.1) is 0 Å². The quantitative estimate of drug-likeness (QED) is 0.437. The van der Waals surface area contributed by atoms with Crippen molar-refractivity contribution in [2.75, 3.05) is 18.0 Å². The van der Waals surface area contributed by atoms with Gasteiger partial charge in [0.2, 0.25) is 0 Å². The Morgan fingerprint density at radius 2 is 2.06 bits per heavy atom. The van der Waals surface area contributed by atoms with Crippen LogP contribution in [-0.4, -0.2) is 52.2 Å². The largest absolute Gasteiger partial charge is 0.477 e. The summed E-state index contributed by atoms with van der Waals surface area (Å²) >= 11 is 13.5. The number of thiazole rings is 1. The topological polar surface area (TPSA) is 108 Å². The van der Waals surface area contributed by atoms with E-state index in [9.17, 15) is 14.7 Å². The van der Waals surface area contributed by atoms with Gasteiger partial charge in [-0.25, -0.2) is 9.78 Å². The monoisotopic (exact) mass is 508 g/mol. The number of aryl methyl sites for hydroxylation is 1. The third kappa shape index (κ3) is 5.33. The van der Waals surface area contributed by atoms with Crippen molar-refractivity contribution in [1.82, 2.24) is 15.3 Å². The number of carbonyl (C=O) groups is 2. The van der Waals surface area contributed by atoms with Gasteiger partial charge in [0.05, 0.1) is 35.0 Å². The van der Waals surface area contributed by atoms with Crippen molar-refractivity contribution in [1.29, 1.82) is 0 Å². The number of nitrogens with zero attached hydrogens (tertiary/aromatic N) is 2. The number of aromatic nitrogens is 2. The average Bonchev–Trinajstić information content (AvgIpc) is 3.41. The summed E-state index contributed by atoms with van der Waals surface area (Å²) in [4.78, 5) is 33.5. The van der Waals surface area contributed by atoms with Crippen LogP contribution in [-0.2, 0) is 11.3 Å². The summed E-state index contributed by atoms with van der Waals surface area (Å²) in [5, 5.41) is 13.4. The highest BCUT2D eigenvalue weighted by Crippen LogP contribution is 2.30. The molecule has 3 aromatic rings. The maximum Gasteiger partial charge on any atom is 0.347 e. The van der Waals surface area contributed by atoms with Crippen molar-refractivity contribution in [2.45, 2.75) is 32.1 Å². The van der Waals surface area contributed by atoms with E-state index in [0.29, 0.717) is 42.0 Å². The summed E-state index contributed by atoms with van der Waals surface area (Å²) < 4.78 is 6.22. The Labute approximate surface area is 204 Å². The lowest BCUT2D eigenvalue weighted by molar-refractivity contribution is 0.00967. The molecule has 0 aliphatic carbocycles. The molecule has 1 aliphatic rings. The van der Waals surface area contributed by atoms with E-state index in [1.807, 2.05) is 35.2 Å². The second kappa shape index (κ2) is 10.1. The van der Waals surface area contributed by atoms with Crippen molar-refractivity contribution < 1.29 is 19.4 Å². The number of amides is 1. The number of carbonyl (C=O) groups excluding carboxylic acids is 1. The molecule has 33 heavy (non-hydrogen) atoms. The second-order valence-corrected chi connectivity index (χ2v) is 9.48. The van der Waals surface area contributed by atoms with Crippen molar-refractivity contribution in [3.05, 3.63) is 68.4 Å². The predicted octanol–water partition coefficient (Wildman–Crippen LogP) is 4.38. The molecule has 1 saturated heterocycles. The molecule has 1 fully saturated rings. The lowest BCUT2D eigenvalue weighted by Gasteiger charge is -2.38. The van der Waals surface area contributed by atoms with Crippen molar-refractivity contribution in [3.8, 4) is 0 Å². The summed E-state index contributed by atoms with van der Waals surface area (Å²) in [5.41, 5.74) is 1.85. The number of carboxylic acids is 1. The Kier molecular flexibility index (Phi) is 7.23. The van der Waals surface area contributed by atoms with Crippen molar-refractivity contribution >= 4 is 51.5 Å². The van der Waals surface area contributed by atoms with Gasteiger partial charge in [-0.3, -0.25) is 4.79 Å². The Morgan fingerprint density at radius 1 is 1.30 bits per heavy atom. The lowest BCUT2D eigenvalue weighted by atomic mass is 10.0. The van der Waals surface area contributed by atoms with Gasteiger partial charge >= 0.3 is 5.97 Å². The first-order valence-corrected chi connectivity index (χ1v) is 11.8. The Balaban J connectivity index is 1.50. The second-order valence-electron chi connectivity index (χ2n) is 7.71. The number of nitrogens with one attached hydrogen (secondary N) is 2. The van der Waals surface area contributed by atoms with Gasteiger partial charge in [0.25, 0.3) is 5.91 Å². The number of piperidine rings is 1. The van der Waals surface area contributed by atoms with Gasteiger partial charge in [0.1, 0.15) is 10.6 Å². The summed E-state index contributed by atoms with van der Waals surface area (Å²) in [7, 11) is 0. The Bertz CT molecular complexity index is 1150. The third-order valence-electron chi connectivity index (χ3n) is 5.44. The number of halogens is 2. The lowest BCUT2D eigenvalue weighted by Crippen LogP contribution is -2.55. The molecule has 174 valence electrons. The summed E-state index contributed by atoms with van der Waals surface area (Å²) in [6, 6.07) is 9.47. The van der Waals surface area contributed by atoms with E-state index in [1.54, 1.807) is 6.92 Å². The Hall–Kier alpha value is -2.59. The van der Waals surface area contributed by atoms with Crippen LogP contribution >= 0.6 is 34.5 Å². The minimum Gasteiger partial charge on any atom is -0.477 e. The fraction of sp³-hybridized carbons (Fsp3) is 0.318. The van der Waals surface area contributed by atoms with Crippen LogP contribution in [0.15, 0.2) is 36.5 Å². The number of ether oxygens (including phenoxy) is 1. The van der Waals surface area contributed by atoms with E-state index in [0.717, 1.165) is 16.9 Å². The molecule has 2 aromatic heterocycles. The highest BCUT2D eigenvalue weighted by Gasteiger charge is 2.33. The van der Waals surface area contributed by atoms with Gasteiger partial charge in [0, 0.05) is 18.8 Å². The minimum absolute atomic E-state index is 0.177. The van der Waals surface area contributed by atoms with Crippen LogP contribution in [0.2, 0.25) is 10.0 Å². The molecule has 3 N–H and O–H groups in total. The number of hydrogen-bond acceptors (Lipinski definition) is 6. The fourth-order valence-corrected chi connectivity index (χ4v) is 4.89. The first-order valence-electron chi connectivity index (χ1n) is 10.3. The number of carboxylic acid groups (broad SMARTS) is 1. The molecule has 8 nitrogen and oxygen atoms in total. The van der Waals surface area contributed by atoms with E-state index in [2.05, 4.69) is 15.3 Å². The van der Waals surface area contributed by atoms with Gasteiger partial charge in [-0.2, -0.15) is 0 Å². The van der Waals surface area contributed by atoms with Crippen LogP contribution in [0.25, 0.3) is 0 Å². The maximum absolute atomic E-state index is 12.9. The number of rotatable bonds is 7. The van der Waals surface area contributed by atoms with Gasteiger partial charge in [-0.1, -0.05) is 64.9 Å². The number of hydrogen-bond donors (Lipinski definition) is 3. The molecule has 1 aromatic carbocycles. The highest BCUT2D eigenvalue weighted by atomic mass is 35.5. The van der Waals surface area contributed by atoms with Crippen molar-refractivity contribution in [3.63, 3.8) is 0 Å². The van der Waals surface area contributed by atoms with Crippen molar-refractivity contribution in [2.24, 2.45) is 0 Å². The van der Waals surface area contributed by atoms with Crippen LogP contribution in [0.4, 0.5) is 5.13 Å². The van der Waals surface area contributed by atoms with E-state index < -0.39 is 5.97 Å². The van der Waals surface area contributed by atoms with E-state index in [4.69, 9.17) is 27.9 Å². The van der Waals surface area contributed by atoms with Crippen LogP contribution in [0.1, 0.15) is 37.8 Å². The normalized spacial score (nSPS) is 18.3. The summed E-state index contributed by atoms with van der Waals surface area (Å²) in [6.45, 7) is 3.15. The van der Waals surface area contributed by atoms with Gasteiger partial charge in [0.15, 0.2) is 5.13 Å². The molecule has 11 heteroatoms. The minimum atomic E-state index is -1.01. The highest BCUT2D eigenvalue weighted by molar-refractivity contribution is 7.17. The van der Waals surface area contributed by atoms with Gasteiger partial charge < -0.3 is 25.0 Å². The molecular formula is C22H22Cl2N4O4S. The van der Waals surface area contributed by atoms with Crippen LogP contribution < -0.4 is 10.2 Å². The number of aromatic amines is 1. The zero-order valence-corrected chi connectivity index (χ0v) is 20.0. The smallest absolute Gasteiger partial charge is 0.347 e. The molecule has 2 unspecified atom stereocenters. The molecular weight excluding hydrogens is 487 g/mol. The predicted molar refractivity (Wildman–Crippen MR) is 128 cm³/mol. The fourth-order valence-electron chi connectivity index (χ4n) is 3.68. The van der Waals surface area contributed by atoms with E-state index in [1.165, 1.54) is 6.20 Å². The van der Waals surface area contributed by atoms with Crippen LogP contribution in [0.5, 0.6) is 0 Å². The number of H-pyrrole nitrogens is 1. The SMILES string of the molecule is Cc1[nH]c(C(=O)NC2CCN(c3ncc(C(=O)O)s3)CC2OCc2ccccc2)c(Cl)c1Cl. The molecule has 4 rings (SSSR count). The van der Waals surface area contributed by atoms with E-state index >= 15 is 0 Å². The zero-order valence-electron chi connectivity index (χ0n) is 17.7. The molecule has 0 saturated carbocycles. The maximum atomic E-state index is 12.9. The van der Waals surface area contributed by atoms with Gasteiger partial charge in [-0.05, 0) is 18.9 Å². The molecule has 3 heterocycles. The third-order valence-corrected chi connectivity index (χ3v) is 7.43. The molecule has 0 bridgehead atoms. The summed E-state index contributed by atoms with van der Waals surface area (Å²) in [5.74, 6) is -1.36. The van der Waals surface area contributed by atoms with Crippen LogP contribution in [0, 0.1) is 6.92 Å². The standard InChI is InChI=1S/C22H22Cl2N4O4S/c1-12-17(23)18(24)19(26-12)20(29)27-14-7-8-28(22-25-9-16(33-22)21(30)31)10-15(14)32-11-13-5-3-2-4-6-13/h2-6,9,14-15,26H,7-8,10-11H2,1H3,(H,27,29)(H,30,31). The molecule has 0 spiro atoms. The molecule has 1 amide bonds. The number of benzene rings is 1. The van der Waals surface area contributed by atoms with Crippen LogP contribution in [0.3, 0.4) is 0 Å².